The maximum atomic E-state index is 11.2. The van der Waals surface area contributed by atoms with Gasteiger partial charge in [0.1, 0.15) is 6.07 Å². The maximum absolute atomic E-state index is 11.2. The van der Waals surface area contributed by atoms with E-state index >= 15 is 0 Å². The van der Waals surface area contributed by atoms with Crippen LogP contribution in [0.4, 0.5) is 0 Å². The molecule has 334 valence electrons. The third-order valence-electron chi connectivity index (χ3n) is 14.3. The molecule has 7 nitrogen and oxygen atoms in total. The quantitative estimate of drug-likeness (QED) is 0.166. The highest BCUT2D eigenvalue weighted by Gasteiger charge is 2.24. The topological polar surface area (TPSA) is 77.2 Å². The van der Waals surface area contributed by atoms with Gasteiger partial charge in [-0.15, -0.1) is 11.3 Å². The lowest BCUT2D eigenvalue weighted by Crippen LogP contribution is -2.02. The SMILES string of the molecule is N#Cc1cc(-c2nc(-c3ccccc3)nc(-c3ccc4c(c3)c3ccccc3n4-c3ccccc3)n2)ccc1-n1c2ccccc2c2ccc3c(c4ccccc4n3-c3ccc4sc5ccccc5c4c3)c21. The Morgan fingerprint density at radius 1 is 0.347 bits per heavy atom. The van der Waals surface area contributed by atoms with Crippen LogP contribution in [0, 0.1) is 11.3 Å². The van der Waals surface area contributed by atoms with E-state index in [9.17, 15) is 5.26 Å². The Labute approximate surface area is 416 Å². The second-order valence-electron chi connectivity index (χ2n) is 18.3. The van der Waals surface area contributed by atoms with Crippen molar-refractivity contribution >= 4 is 96.9 Å². The summed E-state index contributed by atoms with van der Waals surface area (Å²) >= 11 is 1.83. The minimum atomic E-state index is 0.483. The van der Waals surface area contributed by atoms with Gasteiger partial charge in [0, 0.05) is 80.6 Å². The summed E-state index contributed by atoms with van der Waals surface area (Å²) in [6.07, 6.45) is 0. The van der Waals surface area contributed by atoms with E-state index in [-0.39, 0.29) is 0 Å². The van der Waals surface area contributed by atoms with Gasteiger partial charge >= 0.3 is 0 Å². The molecule has 0 saturated heterocycles. The van der Waals surface area contributed by atoms with Gasteiger partial charge in [-0.2, -0.15) is 5.26 Å². The van der Waals surface area contributed by atoms with Gasteiger partial charge in [-0.1, -0.05) is 127 Å². The second-order valence-corrected chi connectivity index (χ2v) is 19.4. The number of aromatic nitrogens is 6. The predicted molar refractivity (Wildman–Crippen MR) is 297 cm³/mol. The highest BCUT2D eigenvalue weighted by Crippen LogP contribution is 2.44. The molecule has 0 aliphatic rings. The number of nitriles is 1. The van der Waals surface area contributed by atoms with Gasteiger partial charge < -0.3 is 13.7 Å². The van der Waals surface area contributed by atoms with Crippen molar-refractivity contribution in [2.24, 2.45) is 0 Å². The lowest BCUT2D eigenvalue weighted by molar-refractivity contribution is 1.07. The Morgan fingerprint density at radius 2 is 0.889 bits per heavy atom. The van der Waals surface area contributed by atoms with Crippen molar-refractivity contribution in [3.05, 3.63) is 230 Å². The number of rotatable bonds is 6. The zero-order valence-corrected chi connectivity index (χ0v) is 39.2. The summed E-state index contributed by atoms with van der Waals surface area (Å²) in [6.45, 7) is 0. The summed E-state index contributed by atoms with van der Waals surface area (Å²) in [5, 5.41) is 20.5. The Hall–Kier alpha value is -9.68. The van der Waals surface area contributed by atoms with Gasteiger partial charge in [-0.3, -0.25) is 0 Å². The van der Waals surface area contributed by atoms with Crippen molar-refractivity contribution in [3.8, 4) is 57.3 Å². The molecular formula is C64H37N7S. The molecular weight excluding hydrogens is 899 g/mol. The van der Waals surface area contributed by atoms with Crippen LogP contribution < -0.4 is 0 Å². The number of thiophene rings is 1. The van der Waals surface area contributed by atoms with Gasteiger partial charge in [0.05, 0.1) is 44.4 Å². The van der Waals surface area contributed by atoms with Crippen LogP contribution in [0.2, 0.25) is 0 Å². The molecule has 0 N–H and O–H groups in total. The van der Waals surface area contributed by atoms with E-state index in [0.29, 0.717) is 23.0 Å². The van der Waals surface area contributed by atoms with Crippen LogP contribution in [0.1, 0.15) is 5.56 Å². The van der Waals surface area contributed by atoms with Gasteiger partial charge in [0.25, 0.3) is 0 Å². The van der Waals surface area contributed by atoms with Gasteiger partial charge in [0.15, 0.2) is 17.5 Å². The van der Waals surface area contributed by atoms with Crippen LogP contribution in [-0.4, -0.2) is 28.7 Å². The van der Waals surface area contributed by atoms with Crippen molar-refractivity contribution in [1.29, 1.82) is 5.26 Å². The van der Waals surface area contributed by atoms with Crippen LogP contribution in [-0.2, 0) is 0 Å². The molecule has 10 aromatic carbocycles. The molecule has 0 radical (unpaired) electrons. The zero-order chi connectivity index (χ0) is 47.4. The summed E-state index contributed by atoms with van der Waals surface area (Å²) in [6, 6.07) is 81.3. The molecule has 15 rings (SSSR count). The highest BCUT2D eigenvalue weighted by atomic mass is 32.1. The van der Waals surface area contributed by atoms with Crippen LogP contribution in [0.25, 0.3) is 137 Å². The molecule has 0 bridgehead atoms. The fourth-order valence-corrected chi connectivity index (χ4v) is 12.3. The molecule has 8 heteroatoms. The molecule has 0 amide bonds. The molecule has 0 aliphatic carbocycles. The number of fused-ring (bicyclic) bond motifs is 13. The van der Waals surface area contributed by atoms with Gasteiger partial charge in [0.2, 0.25) is 0 Å². The van der Waals surface area contributed by atoms with E-state index < -0.39 is 0 Å². The lowest BCUT2D eigenvalue weighted by atomic mass is 10.1. The third-order valence-corrected chi connectivity index (χ3v) is 15.5. The molecule has 5 aromatic heterocycles. The Bertz CT molecular complexity index is 4760. The standard InChI is InChI=1S/C64H37N7S/c65-38-42-35-40(63-66-62(39-15-3-1-4-16-39)67-64(68-63)41-28-32-56-50(36-41)46-20-8-11-23-53(46)69(56)43-17-5-2-6-18-43)27-31-52(42)71-54-24-12-7-19-45(54)48-30-33-57-60(61(48)71)49-22-9-13-25-55(49)70(57)44-29-34-59-51(37-44)47-21-10-14-26-58(47)72-59/h1-37H. The molecule has 0 atom stereocenters. The first-order valence-electron chi connectivity index (χ1n) is 24.0. The zero-order valence-electron chi connectivity index (χ0n) is 38.4. The largest absolute Gasteiger partial charge is 0.309 e. The molecule has 5 heterocycles. The first-order valence-corrected chi connectivity index (χ1v) is 24.8. The van der Waals surface area contributed by atoms with E-state index in [1.54, 1.807) is 0 Å². The van der Waals surface area contributed by atoms with Crippen LogP contribution in [0.15, 0.2) is 224 Å². The van der Waals surface area contributed by atoms with Crippen molar-refractivity contribution < 1.29 is 0 Å². The fourth-order valence-electron chi connectivity index (χ4n) is 11.2. The Morgan fingerprint density at radius 3 is 1.64 bits per heavy atom. The average Bonchev–Trinajstić information content (AvgIpc) is 4.19. The minimum absolute atomic E-state index is 0.483. The second kappa shape index (κ2) is 15.7. The summed E-state index contributed by atoms with van der Waals surface area (Å²) in [5.41, 5.74) is 12.4. The summed E-state index contributed by atoms with van der Waals surface area (Å²) < 4.78 is 9.54. The van der Waals surface area contributed by atoms with E-state index in [4.69, 9.17) is 15.0 Å². The summed E-state index contributed by atoms with van der Waals surface area (Å²) in [4.78, 5) is 15.5. The normalized spacial score (nSPS) is 11.9. The number of hydrogen-bond donors (Lipinski definition) is 0. The molecule has 0 spiro atoms. The van der Waals surface area contributed by atoms with Crippen molar-refractivity contribution in [1.82, 2.24) is 28.7 Å². The fraction of sp³-hybridized carbons (Fsp3) is 0. The Kier molecular flexibility index (Phi) is 8.76. The maximum Gasteiger partial charge on any atom is 0.164 e. The molecule has 0 aliphatic heterocycles. The number of benzene rings is 10. The van der Waals surface area contributed by atoms with E-state index in [2.05, 4.69) is 196 Å². The molecule has 0 fully saturated rings. The number of para-hydroxylation sites is 4. The van der Waals surface area contributed by atoms with E-state index in [1.165, 1.54) is 20.2 Å². The van der Waals surface area contributed by atoms with Crippen LogP contribution in [0.5, 0.6) is 0 Å². The van der Waals surface area contributed by atoms with Crippen molar-refractivity contribution in [3.63, 3.8) is 0 Å². The predicted octanol–water partition coefficient (Wildman–Crippen LogP) is 16.4. The molecule has 72 heavy (non-hydrogen) atoms. The highest BCUT2D eigenvalue weighted by molar-refractivity contribution is 7.25. The monoisotopic (exact) mass is 935 g/mol. The lowest BCUT2D eigenvalue weighted by Gasteiger charge is -2.13. The third kappa shape index (κ3) is 5.99. The van der Waals surface area contributed by atoms with Gasteiger partial charge in [-0.05, 0) is 97.1 Å². The van der Waals surface area contributed by atoms with E-state index in [1.807, 2.05) is 59.9 Å². The van der Waals surface area contributed by atoms with E-state index in [0.717, 1.165) is 99.2 Å². The smallest absolute Gasteiger partial charge is 0.164 e. The van der Waals surface area contributed by atoms with Crippen LogP contribution in [0.3, 0.4) is 0 Å². The van der Waals surface area contributed by atoms with Gasteiger partial charge in [-0.25, -0.2) is 15.0 Å². The molecule has 15 aromatic rings. The Balaban J connectivity index is 0.926. The first kappa shape index (κ1) is 40.2. The van der Waals surface area contributed by atoms with Crippen molar-refractivity contribution in [2.75, 3.05) is 0 Å². The number of hydrogen-bond acceptors (Lipinski definition) is 5. The molecule has 0 saturated carbocycles. The van der Waals surface area contributed by atoms with Crippen molar-refractivity contribution in [2.45, 2.75) is 0 Å². The average molecular weight is 936 g/mol. The summed E-state index contributed by atoms with van der Waals surface area (Å²) in [5.74, 6) is 1.58. The minimum Gasteiger partial charge on any atom is -0.309 e. The first-order chi connectivity index (χ1) is 35.7. The summed E-state index contributed by atoms with van der Waals surface area (Å²) in [7, 11) is 0. The number of nitrogens with zero attached hydrogens (tertiary/aromatic N) is 7. The molecule has 0 unspecified atom stereocenters. The van der Waals surface area contributed by atoms with Crippen LogP contribution >= 0.6 is 11.3 Å².